The van der Waals surface area contributed by atoms with E-state index in [-0.39, 0.29) is 23.1 Å². The van der Waals surface area contributed by atoms with E-state index in [2.05, 4.69) is 5.10 Å². The molecule has 1 amide bonds. The maximum Gasteiger partial charge on any atom is 0.278 e. The lowest BCUT2D eigenvalue weighted by Gasteiger charge is -2.17. The summed E-state index contributed by atoms with van der Waals surface area (Å²) in [6, 6.07) is 12.2. The minimum atomic E-state index is -0.237. The average Bonchev–Trinajstić information content (AvgIpc) is 2.48. The molecule has 0 aliphatic rings. The van der Waals surface area contributed by atoms with Crippen molar-refractivity contribution < 1.29 is 4.79 Å². The van der Waals surface area contributed by atoms with Crippen LogP contribution < -0.4 is 10.5 Å². The van der Waals surface area contributed by atoms with Crippen molar-refractivity contribution in [1.29, 1.82) is 0 Å². The maximum absolute atomic E-state index is 12.4. The largest absolute Gasteiger partial charge is 0.310 e. The molecule has 0 bridgehead atoms. The van der Waals surface area contributed by atoms with Crippen LogP contribution in [0.2, 0.25) is 0 Å². The first-order valence-corrected chi connectivity index (χ1v) is 6.90. The van der Waals surface area contributed by atoms with Gasteiger partial charge in [-0.05, 0) is 24.1 Å². The summed E-state index contributed by atoms with van der Waals surface area (Å²) in [6.45, 7) is 4.49. The number of carbonyl (C=O) groups excluding carboxylic acids is 1. The Kier molecular flexibility index (Phi) is 4.52. The molecule has 5 nitrogen and oxygen atoms in total. The topological polar surface area (TPSA) is 55.2 Å². The summed E-state index contributed by atoms with van der Waals surface area (Å²) in [5, 5.41) is 4.17. The second kappa shape index (κ2) is 6.35. The number of aromatic nitrogens is 2. The van der Waals surface area contributed by atoms with Crippen LogP contribution in [0.25, 0.3) is 0 Å². The van der Waals surface area contributed by atoms with Crippen molar-refractivity contribution in [3.8, 4) is 0 Å². The van der Waals surface area contributed by atoms with Crippen molar-refractivity contribution in [2.24, 2.45) is 5.92 Å². The zero-order chi connectivity index (χ0) is 15.4. The standard InChI is InChI=1S/C16H19N3O2/c1-12(2)11-19-15(20)10-9-14(17-19)16(21)18(3)13-7-5-4-6-8-13/h4-10,12H,11H2,1-3H3. The molecule has 1 aromatic carbocycles. The molecule has 0 aliphatic heterocycles. The summed E-state index contributed by atoms with van der Waals surface area (Å²) in [4.78, 5) is 25.7. The van der Waals surface area contributed by atoms with Crippen molar-refractivity contribution in [1.82, 2.24) is 9.78 Å². The van der Waals surface area contributed by atoms with Crippen molar-refractivity contribution >= 4 is 11.6 Å². The highest BCUT2D eigenvalue weighted by atomic mass is 16.2. The molecule has 0 spiro atoms. The highest BCUT2D eigenvalue weighted by molar-refractivity contribution is 6.04. The Hall–Kier alpha value is -2.43. The average molecular weight is 285 g/mol. The van der Waals surface area contributed by atoms with Crippen molar-refractivity contribution in [2.45, 2.75) is 20.4 Å². The third-order valence-corrected chi connectivity index (χ3v) is 3.07. The van der Waals surface area contributed by atoms with Gasteiger partial charge in [-0.3, -0.25) is 9.59 Å². The first-order chi connectivity index (χ1) is 9.99. The normalized spacial score (nSPS) is 10.7. The van der Waals surface area contributed by atoms with Gasteiger partial charge < -0.3 is 4.90 Å². The van der Waals surface area contributed by atoms with Crippen LogP contribution in [0.1, 0.15) is 24.3 Å². The lowest BCUT2D eigenvalue weighted by atomic mass is 10.2. The summed E-state index contributed by atoms with van der Waals surface area (Å²) in [5.41, 5.74) is 0.857. The summed E-state index contributed by atoms with van der Waals surface area (Å²) in [7, 11) is 1.69. The van der Waals surface area contributed by atoms with Gasteiger partial charge in [0.1, 0.15) is 5.69 Å². The molecule has 0 radical (unpaired) electrons. The molecule has 2 aromatic rings. The molecule has 0 unspecified atom stereocenters. The Morgan fingerprint density at radius 2 is 1.86 bits per heavy atom. The number of para-hydroxylation sites is 1. The second-order valence-corrected chi connectivity index (χ2v) is 5.33. The molecule has 1 heterocycles. The molecular formula is C16H19N3O2. The van der Waals surface area contributed by atoms with Gasteiger partial charge >= 0.3 is 0 Å². The van der Waals surface area contributed by atoms with Gasteiger partial charge in [0, 0.05) is 25.3 Å². The molecule has 5 heteroatoms. The predicted molar refractivity (Wildman–Crippen MR) is 82.5 cm³/mol. The highest BCUT2D eigenvalue weighted by Gasteiger charge is 2.16. The van der Waals surface area contributed by atoms with Gasteiger partial charge in [-0.15, -0.1) is 0 Å². The molecule has 2 rings (SSSR count). The van der Waals surface area contributed by atoms with E-state index < -0.39 is 0 Å². The molecule has 1 aromatic heterocycles. The zero-order valence-electron chi connectivity index (χ0n) is 12.5. The summed E-state index contributed by atoms with van der Waals surface area (Å²) in [5.74, 6) is 0.0473. The fourth-order valence-corrected chi connectivity index (χ4v) is 1.98. The quantitative estimate of drug-likeness (QED) is 0.865. The van der Waals surface area contributed by atoms with Crippen molar-refractivity contribution in [2.75, 3.05) is 11.9 Å². The van der Waals surface area contributed by atoms with Crippen LogP contribution in [0, 0.1) is 5.92 Å². The summed E-state index contributed by atoms with van der Waals surface area (Å²) in [6.07, 6.45) is 0. The Morgan fingerprint density at radius 3 is 2.48 bits per heavy atom. The zero-order valence-corrected chi connectivity index (χ0v) is 12.5. The lowest BCUT2D eigenvalue weighted by molar-refractivity contribution is 0.0985. The molecule has 0 saturated heterocycles. The third-order valence-electron chi connectivity index (χ3n) is 3.07. The molecular weight excluding hydrogens is 266 g/mol. The van der Waals surface area contributed by atoms with Crippen LogP contribution in [0.5, 0.6) is 0 Å². The number of rotatable bonds is 4. The van der Waals surface area contributed by atoms with E-state index in [9.17, 15) is 9.59 Å². The Bertz CT molecular complexity index is 677. The molecule has 21 heavy (non-hydrogen) atoms. The smallest absolute Gasteiger partial charge is 0.278 e. The Labute approximate surface area is 123 Å². The lowest BCUT2D eigenvalue weighted by Crippen LogP contribution is -2.31. The predicted octanol–water partition coefficient (Wildman–Crippen LogP) is 2.18. The number of benzene rings is 1. The van der Waals surface area contributed by atoms with Crippen LogP contribution in [-0.2, 0) is 6.54 Å². The second-order valence-electron chi connectivity index (χ2n) is 5.33. The van der Waals surface area contributed by atoms with E-state index in [0.717, 1.165) is 5.69 Å². The first kappa shape index (κ1) is 15.0. The summed E-state index contributed by atoms with van der Waals surface area (Å²) < 4.78 is 1.34. The van der Waals surface area contributed by atoms with Gasteiger partial charge in [-0.2, -0.15) is 5.10 Å². The van der Waals surface area contributed by atoms with Gasteiger partial charge in [-0.1, -0.05) is 32.0 Å². The van der Waals surface area contributed by atoms with Gasteiger partial charge in [-0.25, -0.2) is 4.68 Å². The van der Waals surface area contributed by atoms with Crippen LogP contribution in [0.15, 0.2) is 47.3 Å². The molecule has 110 valence electrons. The van der Waals surface area contributed by atoms with Crippen LogP contribution in [0.3, 0.4) is 0 Å². The first-order valence-electron chi connectivity index (χ1n) is 6.90. The minimum Gasteiger partial charge on any atom is -0.310 e. The van der Waals surface area contributed by atoms with Crippen LogP contribution in [0.4, 0.5) is 5.69 Å². The Balaban J connectivity index is 2.29. The molecule has 0 aliphatic carbocycles. The molecule has 0 N–H and O–H groups in total. The molecule has 0 atom stereocenters. The number of anilines is 1. The van der Waals surface area contributed by atoms with Gasteiger partial charge in [0.05, 0.1) is 0 Å². The fourth-order valence-electron chi connectivity index (χ4n) is 1.98. The molecule has 0 fully saturated rings. The monoisotopic (exact) mass is 285 g/mol. The van der Waals surface area contributed by atoms with Crippen LogP contribution >= 0.6 is 0 Å². The molecule has 0 saturated carbocycles. The van der Waals surface area contributed by atoms with E-state index in [1.165, 1.54) is 21.7 Å². The SMILES string of the molecule is CC(C)Cn1nc(C(=O)N(C)c2ccccc2)ccc1=O. The van der Waals surface area contributed by atoms with E-state index in [1.807, 2.05) is 44.2 Å². The number of carbonyl (C=O) groups is 1. The van der Waals surface area contributed by atoms with E-state index in [4.69, 9.17) is 0 Å². The van der Waals surface area contributed by atoms with Crippen molar-refractivity contribution in [3.63, 3.8) is 0 Å². The Morgan fingerprint density at radius 1 is 1.19 bits per heavy atom. The van der Waals surface area contributed by atoms with Crippen molar-refractivity contribution in [3.05, 3.63) is 58.5 Å². The highest BCUT2D eigenvalue weighted by Crippen LogP contribution is 2.13. The number of hydrogen-bond acceptors (Lipinski definition) is 3. The number of hydrogen-bond donors (Lipinski definition) is 0. The summed E-state index contributed by atoms with van der Waals surface area (Å²) >= 11 is 0. The minimum absolute atomic E-state index is 0.192. The third kappa shape index (κ3) is 3.56. The fraction of sp³-hybridized carbons (Fsp3) is 0.312. The number of amides is 1. The maximum atomic E-state index is 12.4. The van der Waals surface area contributed by atoms with E-state index >= 15 is 0 Å². The van der Waals surface area contributed by atoms with E-state index in [0.29, 0.717) is 6.54 Å². The number of nitrogens with zero attached hydrogens (tertiary/aromatic N) is 3. The van der Waals surface area contributed by atoms with Crippen LogP contribution in [-0.4, -0.2) is 22.7 Å². The van der Waals surface area contributed by atoms with Gasteiger partial charge in [0.25, 0.3) is 11.5 Å². The van der Waals surface area contributed by atoms with Gasteiger partial charge in [0.15, 0.2) is 0 Å². The van der Waals surface area contributed by atoms with Gasteiger partial charge in [0.2, 0.25) is 0 Å². The van der Waals surface area contributed by atoms with E-state index in [1.54, 1.807) is 7.05 Å².